The highest BCUT2D eigenvalue weighted by atomic mass is 16.5. The SMILES string of the molecule is C1CCOC1.C1CCOC1.C1CCOC1. The standard InChI is InChI=1S/3C4H8O/c3*1-2-4-5-3-1/h3*1-4H2. The summed E-state index contributed by atoms with van der Waals surface area (Å²) < 4.78 is 14.8. The van der Waals surface area contributed by atoms with Gasteiger partial charge in [0, 0.05) is 39.6 Å². The van der Waals surface area contributed by atoms with Crippen molar-refractivity contribution in [3.05, 3.63) is 0 Å². The number of hydrogen-bond acceptors (Lipinski definition) is 3. The Kier molecular flexibility index (Phi) is 8.98. The van der Waals surface area contributed by atoms with Crippen LogP contribution in [0.1, 0.15) is 38.5 Å². The predicted molar refractivity (Wildman–Crippen MR) is 60.2 cm³/mol. The second-order valence-electron chi connectivity index (χ2n) is 3.96. The highest BCUT2D eigenvalue weighted by Gasteiger charge is 1.95. The largest absolute Gasteiger partial charge is 0.381 e. The van der Waals surface area contributed by atoms with E-state index in [0.29, 0.717) is 0 Å². The molecule has 3 fully saturated rings. The Hall–Kier alpha value is -0.120. The minimum atomic E-state index is 1.00. The lowest BCUT2D eigenvalue weighted by Crippen LogP contribution is -1.74. The lowest BCUT2D eigenvalue weighted by molar-refractivity contribution is 0.198. The molecular formula is C12H24O3. The molecule has 3 nitrogen and oxygen atoms in total. The van der Waals surface area contributed by atoms with Crippen molar-refractivity contribution in [2.45, 2.75) is 38.5 Å². The molecule has 0 aliphatic carbocycles. The normalized spacial score (nSPS) is 24.0. The molecule has 0 unspecified atom stereocenters. The Labute approximate surface area is 93.1 Å². The van der Waals surface area contributed by atoms with Crippen molar-refractivity contribution in [2.24, 2.45) is 0 Å². The second kappa shape index (κ2) is 10.4. The molecule has 3 aliphatic heterocycles. The molecular weight excluding hydrogens is 192 g/mol. The van der Waals surface area contributed by atoms with Crippen LogP contribution in [0.2, 0.25) is 0 Å². The fraction of sp³-hybridized carbons (Fsp3) is 1.00. The topological polar surface area (TPSA) is 27.7 Å². The Morgan fingerprint density at radius 1 is 0.333 bits per heavy atom. The monoisotopic (exact) mass is 216 g/mol. The van der Waals surface area contributed by atoms with Crippen LogP contribution in [-0.2, 0) is 14.2 Å². The molecule has 3 rings (SSSR count). The van der Waals surface area contributed by atoms with Crippen LogP contribution in [0.25, 0.3) is 0 Å². The molecule has 90 valence electrons. The van der Waals surface area contributed by atoms with Crippen molar-refractivity contribution in [2.75, 3.05) is 39.6 Å². The molecule has 0 amide bonds. The summed E-state index contributed by atoms with van der Waals surface area (Å²) in [4.78, 5) is 0. The molecule has 3 aliphatic rings. The molecule has 0 atom stereocenters. The zero-order valence-corrected chi connectivity index (χ0v) is 9.71. The van der Waals surface area contributed by atoms with Crippen LogP contribution >= 0.6 is 0 Å². The molecule has 0 spiro atoms. The molecule has 0 radical (unpaired) electrons. The van der Waals surface area contributed by atoms with Gasteiger partial charge in [0.25, 0.3) is 0 Å². The third kappa shape index (κ3) is 8.85. The fourth-order valence-electron chi connectivity index (χ4n) is 1.53. The van der Waals surface area contributed by atoms with E-state index in [1.807, 2.05) is 0 Å². The minimum Gasteiger partial charge on any atom is -0.381 e. The quantitative estimate of drug-likeness (QED) is 0.622. The van der Waals surface area contributed by atoms with Gasteiger partial charge in [0.1, 0.15) is 0 Å². The average molecular weight is 216 g/mol. The summed E-state index contributed by atoms with van der Waals surface area (Å²) in [5, 5.41) is 0. The van der Waals surface area contributed by atoms with Crippen molar-refractivity contribution >= 4 is 0 Å². The Morgan fingerprint density at radius 3 is 0.600 bits per heavy atom. The van der Waals surface area contributed by atoms with Gasteiger partial charge in [-0.1, -0.05) is 0 Å². The van der Waals surface area contributed by atoms with E-state index in [4.69, 9.17) is 14.2 Å². The van der Waals surface area contributed by atoms with Gasteiger partial charge in [-0.2, -0.15) is 0 Å². The van der Waals surface area contributed by atoms with E-state index in [9.17, 15) is 0 Å². The van der Waals surface area contributed by atoms with Crippen molar-refractivity contribution in [3.63, 3.8) is 0 Å². The van der Waals surface area contributed by atoms with Crippen LogP contribution < -0.4 is 0 Å². The molecule has 0 aromatic rings. The first-order valence-electron chi connectivity index (χ1n) is 6.23. The van der Waals surface area contributed by atoms with Crippen molar-refractivity contribution in [3.8, 4) is 0 Å². The lowest BCUT2D eigenvalue weighted by atomic mass is 10.4. The van der Waals surface area contributed by atoms with Crippen LogP contribution in [0.15, 0.2) is 0 Å². The van der Waals surface area contributed by atoms with Gasteiger partial charge in [0.05, 0.1) is 0 Å². The Balaban J connectivity index is 0.000000112. The van der Waals surface area contributed by atoms with Crippen LogP contribution in [0.5, 0.6) is 0 Å². The molecule has 0 bridgehead atoms. The predicted octanol–water partition coefficient (Wildman–Crippen LogP) is 2.39. The summed E-state index contributed by atoms with van der Waals surface area (Å²) in [5.41, 5.74) is 0. The Bertz CT molecular complexity index is 69.4. The van der Waals surface area contributed by atoms with Gasteiger partial charge in [-0.05, 0) is 38.5 Å². The van der Waals surface area contributed by atoms with Crippen molar-refractivity contribution < 1.29 is 14.2 Å². The highest BCUT2D eigenvalue weighted by molar-refractivity contribution is 4.44. The molecule has 0 N–H and O–H groups in total. The smallest absolute Gasteiger partial charge is 0.0466 e. The van der Waals surface area contributed by atoms with E-state index < -0.39 is 0 Å². The molecule has 3 heteroatoms. The zero-order chi connectivity index (χ0) is 10.6. The molecule has 3 heterocycles. The minimum absolute atomic E-state index is 1.00. The van der Waals surface area contributed by atoms with E-state index in [1.54, 1.807) is 0 Å². The number of ether oxygens (including phenoxy) is 3. The van der Waals surface area contributed by atoms with Gasteiger partial charge in [-0.15, -0.1) is 0 Å². The van der Waals surface area contributed by atoms with E-state index >= 15 is 0 Å². The fourth-order valence-corrected chi connectivity index (χ4v) is 1.53. The first kappa shape index (κ1) is 12.9. The van der Waals surface area contributed by atoms with Gasteiger partial charge in [0.15, 0.2) is 0 Å². The van der Waals surface area contributed by atoms with Crippen molar-refractivity contribution in [1.29, 1.82) is 0 Å². The summed E-state index contributed by atoms with van der Waals surface area (Å²) in [5.74, 6) is 0. The third-order valence-electron chi connectivity index (χ3n) is 2.48. The zero-order valence-electron chi connectivity index (χ0n) is 9.71. The lowest BCUT2D eigenvalue weighted by Gasteiger charge is -1.76. The van der Waals surface area contributed by atoms with Crippen LogP contribution in [0.3, 0.4) is 0 Å². The second-order valence-corrected chi connectivity index (χ2v) is 3.96. The van der Waals surface area contributed by atoms with Gasteiger partial charge >= 0.3 is 0 Å². The van der Waals surface area contributed by atoms with Crippen LogP contribution in [0.4, 0.5) is 0 Å². The summed E-state index contributed by atoms with van der Waals surface area (Å²) in [6.45, 7) is 6.00. The van der Waals surface area contributed by atoms with Crippen LogP contribution in [-0.4, -0.2) is 39.6 Å². The summed E-state index contributed by atoms with van der Waals surface area (Å²) in [7, 11) is 0. The molecule has 3 saturated heterocycles. The first-order chi connectivity index (χ1) is 7.50. The van der Waals surface area contributed by atoms with Gasteiger partial charge in [-0.25, -0.2) is 0 Å². The van der Waals surface area contributed by atoms with Crippen molar-refractivity contribution in [1.82, 2.24) is 0 Å². The van der Waals surface area contributed by atoms with Gasteiger partial charge < -0.3 is 14.2 Å². The van der Waals surface area contributed by atoms with Crippen LogP contribution in [0, 0.1) is 0 Å². The number of rotatable bonds is 0. The maximum atomic E-state index is 4.94. The van der Waals surface area contributed by atoms with Gasteiger partial charge in [-0.3, -0.25) is 0 Å². The molecule has 0 aromatic carbocycles. The third-order valence-corrected chi connectivity index (χ3v) is 2.48. The van der Waals surface area contributed by atoms with E-state index in [-0.39, 0.29) is 0 Å². The average Bonchev–Trinajstić information content (AvgIpc) is 3.09. The Morgan fingerprint density at radius 2 is 0.533 bits per heavy atom. The molecule has 15 heavy (non-hydrogen) atoms. The number of hydrogen-bond donors (Lipinski definition) is 0. The van der Waals surface area contributed by atoms with E-state index in [1.165, 1.54) is 38.5 Å². The summed E-state index contributed by atoms with van der Waals surface area (Å²) >= 11 is 0. The van der Waals surface area contributed by atoms with Gasteiger partial charge in [0.2, 0.25) is 0 Å². The van der Waals surface area contributed by atoms with E-state index in [2.05, 4.69) is 0 Å². The highest BCUT2D eigenvalue weighted by Crippen LogP contribution is 1.99. The summed E-state index contributed by atoms with van der Waals surface area (Å²) in [6, 6.07) is 0. The maximum absolute atomic E-state index is 4.94. The molecule has 0 aromatic heterocycles. The first-order valence-corrected chi connectivity index (χ1v) is 6.23. The maximum Gasteiger partial charge on any atom is 0.0466 e. The van der Waals surface area contributed by atoms with E-state index in [0.717, 1.165) is 39.6 Å². The summed E-state index contributed by atoms with van der Waals surface area (Å²) in [6.07, 6.45) is 7.67. The molecule has 0 saturated carbocycles.